The fourth-order valence-electron chi connectivity index (χ4n) is 2.31. The Bertz CT molecular complexity index is 666. The van der Waals surface area contributed by atoms with Crippen LogP contribution in [0.2, 0.25) is 0 Å². The molecule has 1 aromatic carbocycles. The van der Waals surface area contributed by atoms with Gasteiger partial charge < -0.3 is 4.74 Å². The number of hydrogen-bond donors (Lipinski definition) is 0. The summed E-state index contributed by atoms with van der Waals surface area (Å²) in [6.45, 7) is 1.01. The molecule has 1 fully saturated rings. The van der Waals surface area contributed by atoms with Crippen LogP contribution in [0.25, 0.3) is 0 Å². The molecule has 1 unspecified atom stereocenters. The Morgan fingerprint density at radius 1 is 1.33 bits per heavy atom. The van der Waals surface area contributed by atoms with E-state index in [4.69, 9.17) is 4.74 Å². The van der Waals surface area contributed by atoms with E-state index in [2.05, 4.69) is 4.98 Å². The standard InChI is InChI=1S/C14H16N2O3S2/c17-21(18,13-6-2-1-3-7-13)16(14-15-8-10-20-14)11-12-5-4-9-19-12/h1-3,6-8,10,12H,4-5,9,11H2. The summed E-state index contributed by atoms with van der Waals surface area (Å²) in [5.74, 6) is 0. The van der Waals surface area contributed by atoms with E-state index in [1.54, 1.807) is 41.9 Å². The summed E-state index contributed by atoms with van der Waals surface area (Å²) < 4.78 is 32.7. The first kappa shape index (κ1) is 14.5. The summed E-state index contributed by atoms with van der Waals surface area (Å²) >= 11 is 1.32. The van der Waals surface area contributed by atoms with Gasteiger partial charge in [0.1, 0.15) is 0 Å². The van der Waals surface area contributed by atoms with Crippen molar-refractivity contribution in [3.05, 3.63) is 41.9 Å². The highest BCUT2D eigenvalue weighted by Crippen LogP contribution is 2.27. The molecule has 1 aliphatic rings. The van der Waals surface area contributed by atoms with Crippen LogP contribution in [-0.2, 0) is 14.8 Å². The number of aromatic nitrogens is 1. The number of benzene rings is 1. The lowest BCUT2D eigenvalue weighted by Crippen LogP contribution is -2.37. The average Bonchev–Trinajstić information content (AvgIpc) is 3.19. The van der Waals surface area contributed by atoms with E-state index in [1.165, 1.54) is 15.6 Å². The Balaban J connectivity index is 1.94. The van der Waals surface area contributed by atoms with E-state index in [-0.39, 0.29) is 11.0 Å². The van der Waals surface area contributed by atoms with Crippen LogP contribution in [0.4, 0.5) is 5.13 Å². The van der Waals surface area contributed by atoms with Gasteiger partial charge in [0.05, 0.1) is 17.5 Å². The number of nitrogens with zero attached hydrogens (tertiary/aromatic N) is 2. The molecule has 7 heteroatoms. The first-order valence-corrected chi connectivity index (χ1v) is 9.09. The number of anilines is 1. The number of sulfonamides is 1. The molecule has 1 atom stereocenters. The van der Waals surface area contributed by atoms with E-state index in [0.29, 0.717) is 18.3 Å². The molecule has 0 radical (unpaired) electrons. The number of thiazole rings is 1. The summed E-state index contributed by atoms with van der Waals surface area (Å²) in [5, 5.41) is 2.26. The third kappa shape index (κ3) is 3.09. The van der Waals surface area contributed by atoms with E-state index >= 15 is 0 Å². The monoisotopic (exact) mass is 324 g/mol. The van der Waals surface area contributed by atoms with Crippen molar-refractivity contribution in [2.45, 2.75) is 23.8 Å². The van der Waals surface area contributed by atoms with Crippen molar-refractivity contribution in [3.8, 4) is 0 Å². The Labute approximate surface area is 128 Å². The van der Waals surface area contributed by atoms with E-state index in [0.717, 1.165) is 12.8 Å². The minimum absolute atomic E-state index is 0.0626. The first-order chi connectivity index (χ1) is 10.2. The van der Waals surface area contributed by atoms with Gasteiger partial charge in [-0.25, -0.2) is 17.7 Å². The topological polar surface area (TPSA) is 59.5 Å². The quantitative estimate of drug-likeness (QED) is 0.848. The first-order valence-electron chi connectivity index (χ1n) is 6.77. The summed E-state index contributed by atoms with van der Waals surface area (Å²) in [5.41, 5.74) is 0. The van der Waals surface area contributed by atoms with E-state index < -0.39 is 10.0 Å². The molecule has 1 aromatic heterocycles. The maximum absolute atomic E-state index is 12.9. The van der Waals surface area contributed by atoms with Gasteiger partial charge in [0.15, 0.2) is 5.13 Å². The summed E-state index contributed by atoms with van der Waals surface area (Å²) in [6, 6.07) is 8.45. The van der Waals surface area contributed by atoms with Crippen LogP contribution >= 0.6 is 11.3 Å². The molecule has 1 aliphatic heterocycles. The number of hydrogen-bond acceptors (Lipinski definition) is 5. The Hall–Kier alpha value is -1.44. The molecule has 112 valence electrons. The third-order valence-corrected chi connectivity index (χ3v) is 6.04. The minimum Gasteiger partial charge on any atom is -0.376 e. The van der Waals surface area contributed by atoms with Crippen LogP contribution in [0, 0.1) is 0 Å². The zero-order valence-corrected chi connectivity index (χ0v) is 13.0. The molecule has 2 heterocycles. The molecule has 0 spiro atoms. The third-order valence-electron chi connectivity index (χ3n) is 3.36. The molecular formula is C14H16N2O3S2. The van der Waals surface area contributed by atoms with Gasteiger partial charge in [-0.3, -0.25) is 0 Å². The molecule has 21 heavy (non-hydrogen) atoms. The minimum atomic E-state index is -3.61. The molecular weight excluding hydrogens is 308 g/mol. The van der Waals surface area contributed by atoms with Crippen molar-refractivity contribution in [2.24, 2.45) is 0 Å². The second-order valence-corrected chi connectivity index (χ2v) is 7.53. The van der Waals surface area contributed by atoms with E-state index in [9.17, 15) is 8.42 Å². The highest BCUT2D eigenvalue weighted by atomic mass is 32.2. The van der Waals surface area contributed by atoms with Gasteiger partial charge in [-0.15, -0.1) is 11.3 Å². The summed E-state index contributed by atoms with van der Waals surface area (Å²) in [6.07, 6.45) is 3.41. The second kappa shape index (κ2) is 6.13. The highest BCUT2D eigenvalue weighted by molar-refractivity contribution is 7.93. The molecule has 5 nitrogen and oxygen atoms in total. The average molecular weight is 324 g/mol. The van der Waals surface area contributed by atoms with Crippen LogP contribution in [0.15, 0.2) is 46.8 Å². The molecule has 0 aliphatic carbocycles. The molecule has 2 aromatic rings. The van der Waals surface area contributed by atoms with Crippen LogP contribution in [0.5, 0.6) is 0 Å². The fourth-order valence-corrected chi connectivity index (χ4v) is 4.66. The van der Waals surface area contributed by atoms with Gasteiger partial charge in [-0.1, -0.05) is 18.2 Å². The Morgan fingerprint density at radius 2 is 2.14 bits per heavy atom. The van der Waals surface area contributed by atoms with Gasteiger partial charge in [0, 0.05) is 18.2 Å². The number of rotatable bonds is 5. The normalized spacial score (nSPS) is 18.8. The molecule has 0 bridgehead atoms. The van der Waals surface area contributed by atoms with Gasteiger partial charge in [0.2, 0.25) is 0 Å². The Morgan fingerprint density at radius 3 is 2.76 bits per heavy atom. The largest absolute Gasteiger partial charge is 0.376 e. The van der Waals surface area contributed by atoms with Crippen LogP contribution < -0.4 is 4.31 Å². The van der Waals surface area contributed by atoms with Crippen LogP contribution in [0.3, 0.4) is 0 Å². The fraction of sp³-hybridized carbons (Fsp3) is 0.357. The van der Waals surface area contributed by atoms with Crippen molar-refractivity contribution < 1.29 is 13.2 Å². The van der Waals surface area contributed by atoms with Crippen molar-refractivity contribution in [2.75, 3.05) is 17.5 Å². The second-order valence-electron chi connectivity index (χ2n) is 4.80. The van der Waals surface area contributed by atoms with Crippen molar-refractivity contribution in [1.29, 1.82) is 0 Å². The van der Waals surface area contributed by atoms with Gasteiger partial charge >= 0.3 is 0 Å². The van der Waals surface area contributed by atoms with Gasteiger partial charge in [-0.2, -0.15) is 0 Å². The van der Waals surface area contributed by atoms with Gasteiger partial charge in [-0.05, 0) is 25.0 Å². The lowest BCUT2D eigenvalue weighted by atomic mass is 10.2. The summed E-state index contributed by atoms with van der Waals surface area (Å²) in [7, 11) is -3.61. The van der Waals surface area contributed by atoms with Crippen molar-refractivity contribution >= 4 is 26.5 Å². The maximum atomic E-state index is 12.9. The highest BCUT2D eigenvalue weighted by Gasteiger charge is 2.30. The zero-order valence-electron chi connectivity index (χ0n) is 11.4. The molecule has 0 N–H and O–H groups in total. The molecule has 3 rings (SSSR count). The van der Waals surface area contributed by atoms with E-state index in [1.807, 2.05) is 0 Å². The molecule has 1 saturated heterocycles. The summed E-state index contributed by atoms with van der Waals surface area (Å²) in [4.78, 5) is 4.44. The Kier molecular flexibility index (Phi) is 4.23. The van der Waals surface area contributed by atoms with Gasteiger partial charge in [0.25, 0.3) is 10.0 Å². The molecule has 0 amide bonds. The molecule has 0 saturated carbocycles. The van der Waals surface area contributed by atoms with Crippen molar-refractivity contribution in [3.63, 3.8) is 0 Å². The lowest BCUT2D eigenvalue weighted by Gasteiger charge is -2.24. The maximum Gasteiger partial charge on any atom is 0.266 e. The smallest absolute Gasteiger partial charge is 0.266 e. The SMILES string of the molecule is O=S(=O)(c1ccccc1)N(CC1CCCO1)c1nccs1. The predicted molar refractivity (Wildman–Crippen MR) is 82.1 cm³/mol. The van der Waals surface area contributed by atoms with Crippen molar-refractivity contribution in [1.82, 2.24) is 4.98 Å². The van der Waals surface area contributed by atoms with Crippen LogP contribution in [-0.4, -0.2) is 32.7 Å². The lowest BCUT2D eigenvalue weighted by molar-refractivity contribution is 0.118. The predicted octanol–water partition coefficient (Wildman–Crippen LogP) is 2.52. The zero-order chi connectivity index (χ0) is 14.7. The van der Waals surface area contributed by atoms with Crippen LogP contribution in [0.1, 0.15) is 12.8 Å². The number of ether oxygens (including phenoxy) is 1.